The number of hydrogen-bond donors (Lipinski definition) is 2. The zero-order chi connectivity index (χ0) is 10.4. The Hall–Kier alpha value is -1.06. The van der Waals surface area contributed by atoms with E-state index in [-0.39, 0.29) is 11.8 Å². The molecule has 0 spiro atoms. The second-order valence-electron chi connectivity index (χ2n) is 3.12. The highest BCUT2D eigenvalue weighted by molar-refractivity contribution is 5.89. The first-order chi connectivity index (χ1) is 5.99. The average Bonchev–Trinajstić information content (AvgIpc) is 1.99. The van der Waals surface area contributed by atoms with E-state index in [1.54, 1.807) is 0 Å². The lowest BCUT2D eigenvalue weighted by Crippen LogP contribution is -2.49. The van der Waals surface area contributed by atoms with Crippen LogP contribution in [-0.2, 0) is 9.59 Å². The van der Waals surface area contributed by atoms with Gasteiger partial charge >= 0.3 is 0 Å². The van der Waals surface area contributed by atoms with E-state index in [2.05, 4.69) is 10.6 Å². The van der Waals surface area contributed by atoms with Crippen LogP contribution in [0.25, 0.3) is 0 Å². The minimum atomic E-state index is -0.676. The van der Waals surface area contributed by atoms with Gasteiger partial charge in [-0.2, -0.15) is 0 Å². The lowest BCUT2D eigenvalue weighted by atomic mass is 10.0. The number of amides is 2. The summed E-state index contributed by atoms with van der Waals surface area (Å²) in [5.41, 5.74) is 0. The first kappa shape index (κ1) is 11.9. The van der Waals surface area contributed by atoms with Gasteiger partial charge in [-0.1, -0.05) is 13.8 Å². The van der Waals surface area contributed by atoms with Crippen molar-refractivity contribution >= 4 is 11.8 Å². The molecule has 0 aliphatic carbocycles. The Bertz CT molecular complexity index is 190. The van der Waals surface area contributed by atoms with Crippen molar-refractivity contribution in [3.63, 3.8) is 0 Å². The summed E-state index contributed by atoms with van der Waals surface area (Å²) in [5, 5.41) is 5.01. The molecule has 0 saturated heterocycles. The van der Waals surface area contributed by atoms with E-state index in [0.717, 1.165) is 0 Å². The Morgan fingerprint density at radius 1 is 1.38 bits per heavy atom. The van der Waals surface area contributed by atoms with Crippen LogP contribution in [0.1, 0.15) is 20.8 Å². The van der Waals surface area contributed by atoms with Gasteiger partial charge in [0.25, 0.3) is 0 Å². The Morgan fingerprint density at radius 3 is 2.23 bits per heavy atom. The standard InChI is InChI=1S/C9H16N2O2/c1-5-10-9(13)8(6(2)3)11-7(4)12/h4,6,8H,5H2,1-3H3,(H,10,13)(H,11,12). The summed E-state index contributed by atoms with van der Waals surface area (Å²) in [4.78, 5) is 21.9. The molecular weight excluding hydrogens is 168 g/mol. The van der Waals surface area contributed by atoms with Gasteiger partial charge in [-0.05, 0) is 12.8 Å². The van der Waals surface area contributed by atoms with Gasteiger partial charge in [0.1, 0.15) is 6.04 Å². The average molecular weight is 184 g/mol. The van der Waals surface area contributed by atoms with E-state index in [1.807, 2.05) is 20.8 Å². The topological polar surface area (TPSA) is 58.2 Å². The van der Waals surface area contributed by atoms with Crippen LogP contribution < -0.4 is 10.6 Å². The maximum Gasteiger partial charge on any atom is 0.242 e. The molecule has 1 unspecified atom stereocenters. The summed E-state index contributed by atoms with van der Waals surface area (Å²) in [6.45, 7) is 11.0. The van der Waals surface area contributed by atoms with Crippen LogP contribution in [0.2, 0.25) is 0 Å². The van der Waals surface area contributed by atoms with Crippen molar-refractivity contribution < 1.29 is 9.59 Å². The van der Waals surface area contributed by atoms with Gasteiger partial charge in [0, 0.05) is 6.54 Å². The third-order valence-corrected chi connectivity index (χ3v) is 1.60. The second kappa shape index (κ2) is 5.56. The maximum absolute atomic E-state index is 11.3. The van der Waals surface area contributed by atoms with Gasteiger partial charge in [0.15, 0.2) is 0 Å². The molecule has 0 rings (SSSR count). The fourth-order valence-corrected chi connectivity index (χ4v) is 0.972. The lowest BCUT2D eigenvalue weighted by molar-refractivity contribution is -0.128. The quantitative estimate of drug-likeness (QED) is 0.645. The van der Waals surface area contributed by atoms with Crippen LogP contribution in [0.5, 0.6) is 0 Å². The van der Waals surface area contributed by atoms with Gasteiger partial charge in [-0.15, -0.1) is 0 Å². The summed E-state index contributed by atoms with van der Waals surface area (Å²) < 4.78 is 0. The molecule has 0 aliphatic heterocycles. The van der Waals surface area contributed by atoms with Crippen LogP contribution in [0, 0.1) is 12.8 Å². The largest absolute Gasteiger partial charge is 0.355 e. The molecule has 2 amide bonds. The summed E-state index contributed by atoms with van der Waals surface area (Å²) in [6, 6.07) is -0.544. The van der Waals surface area contributed by atoms with Crippen molar-refractivity contribution in [2.24, 2.45) is 5.92 Å². The van der Waals surface area contributed by atoms with Crippen LogP contribution in [-0.4, -0.2) is 24.4 Å². The fraction of sp³-hybridized carbons (Fsp3) is 0.667. The van der Waals surface area contributed by atoms with E-state index >= 15 is 0 Å². The molecule has 2 N–H and O–H groups in total. The van der Waals surface area contributed by atoms with Crippen molar-refractivity contribution in [2.75, 3.05) is 6.54 Å². The normalized spacial score (nSPS) is 12.4. The van der Waals surface area contributed by atoms with E-state index < -0.39 is 11.9 Å². The highest BCUT2D eigenvalue weighted by Gasteiger charge is 2.21. The molecule has 0 saturated carbocycles. The SMILES string of the molecule is [CH]C(=O)NC(C(=O)NCC)C(C)C. The molecule has 0 aromatic heterocycles. The number of carbonyl (C=O) groups excluding carboxylic acids is 2. The molecule has 0 heterocycles. The molecule has 74 valence electrons. The van der Waals surface area contributed by atoms with E-state index in [4.69, 9.17) is 6.92 Å². The van der Waals surface area contributed by atoms with Crippen LogP contribution in [0.3, 0.4) is 0 Å². The van der Waals surface area contributed by atoms with Gasteiger partial charge in [0.2, 0.25) is 11.8 Å². The second-order valence-corrected chi connectivity index (χ2v) is 3.12. The molecule has 0 bridgehead atoms. The number of rotatable bonds is 4. The number of nitrogens with one attached hydrogen (secondary N) is 2. The smallest absolute Gasteiger partial charge is 0.242 e. The summed E-state index contributed by atoms with van der Waals surface area (Å²) in [6.07, 6.45) is 0. The van der Waals surface area contributed by atoms with Crippen molar-refractivity contribution in [1.29, 1.82) is 0 Å². The van der Waals surface area contributed by atoms with Gasteiger partial charge in [-0.3, -0.25) is 9.59 Å². The molecule has 0 aliphatic rings. The third-order valence-electron chi connectivity index (χ3n) is 1.60. The number of hydrogen-bond acceptors (Lipinski definition) is 2. The van der Waals surface area contributed by atoms with E-state index in [9.17, 15) is 9.59 Å². The van der Waals surface area contributed by atoms with Crippen LogP contribution >= 0.6 is 0 Å². The Labute approximate surface area is 79.1 Å². The predicted molar refractivity (Wildman–Crippen MR) is 49.8 cm³/mol. The highest BCUT2D eigenvalue weighted by atomic mass is 16.2. The molecule has 0 aromatic carbocycles. The monoisotopic (exact) mass is 184 g/mol. The molecule has 4 heteroatoms. The maximum atomic E-state index is 11.3. The van der Waals surface area contributed by atoms with Crippen molar-refractivity contribution in [1.82, 2.24) is 10.6 Å². The first-order valence-corrected chi connectivity index (χ1v) is 4.32. The Balaban J connectivity index is 4.24. The van der Waals surface area contributed by atoms with E-state index in [0.29, 0.717) is 6.54 Å². The highest BCUT2D eigenvalue weighted by Crippen LogP contribution is 2.01. The molecule has 2 radical (unpaired) electrons. The number of carbonyl (C=O) groups is 2. The lowest BCUT2D eigenvalue weighted by Gasteiger charge is -2.20. The Morgan fingerprint density at radius 2 is 1.92 bits per heavy atom. The van der Waals surface area contributed by atoms with Crippen molar-refractivity contribution in [3.05, 3.63) is 6.92 Å². The number of likely N-dealkylation sites (N-methyl/N-ethyl adjacent to an activating group) is 1. The third kappa shape index (κ3) is 4.50. The zero-order valence-electron chi connectivity index (χ0n) is 8.26. The minimum absolute atomic E-state index is 0.0269. The molecule has 13 heavy (non-hydrogen) atoms. The molecule has 0 fully saturated rings. The molecule has 1 atom stereocenters. The Kier molecular flexibility index (Phi) is 5.11. The minimum Gasteiger partial charge on any atom is -0.355 e. The van der Waals surface area contributed by atoms with Gasteiger partial charge < -0.3 is 10.6 Å². The summed E-state index contributed by atoms with van der Waals surface area (Å²) in [5.74, 6) is -0.847. The van der Waals surface area contributed by atoms with E-state index in [1.165, 1.54) is 0 Å². The van der Waals surface area contributed by atoms with Crippen LogP contribution in [0.15, 0.2) is 0 Å². The van der Waals surface area contributed by atoms with Crippen molar-refractivity contribution in [2.45, 2.75) is 26.8 Å². The fourth-order valence-electron chi connectivity index (χ4n) is 0.972. The predicted octanol–water partition coefficient (Wildman–Crippen LogP) is -0.0256. The van der Waals surface area contributed by atoms with Gasteiger partial charge in [0.05, 0.1) is 6.92 Å². The first-order valence-electron chi connectivity index (χ1n) is 4.32. The zero-order valence-corrected chi connectivity index (χ0v) is 8.26. The van der Waals surface area contributed by atoms with Gasteiger partial charge in [-0.25, -0.2) is 0 Å². The summed E-state index contributed by atoms with van der Waals surface area (Å²) >= 11 is 0. The molecule has 4 nitrogen and oxygen atoms in total. The molecule has 0 aromatic rings. The van der Waals surface area contributed by atoms with Crippen molar-refractivity contribution in [3.8, 4) is 0 Å². The van der Waals surface area contributed by atoms with Crippen LogP contribution in [0.4, 0.5) is 0 Å². The summed E-state index contributed by atoms with van der Waals surface area (Å²) in [7, 11) is 0. The molecular formula is C9H16N2O2.